The number of carbonyl (C=O) groups is 1. The lowest BCUT2D eigenvalue weighted by Gasteiger charge is -2.29. The Morgan fingerprint density at radius 3 is 2.50 bits per heavy atom. The summed E-state index contributed by atoms with van der Waals surface area (Å²) in [5, 5.41) is 0. The number of halogens is 1. The second-order valence-corrected chi connectivity index (χ2v) is 4.44. The van der Waals surface area contributed by atoms with Gasteiger partial charge in [0.15, 0.2) is 5.78 Å². The van der Waals surface area contributed by atoms with Crippen molar-refractivity contribution in [1.82, 2.24) is 0 Å². The molecule has 1 aliphatic rings. The first kappa shape index (κ1) is 9.72. The Hall–Kier alpha value is -0.820. The maximum atomic E-state index is 11.8. The second-order valence-electron chi connectivity index (χ2n) is 3.80. The molecule has 14 heavy (non-hydrogen) atoms. The molecule has 0 aromatic heterocycles. The zero-order chi connectivity index (χ0) is 10.0. The molecular weight excluding hydrogens is 196 g/mol. The molecule has 2 rings (SSSR count). The van der Waals surface area contributed by atoms with Crippen molar-refractivity contribution in [1.29, 1.82) is 0 Å². The topological polar surface area (TPSA) is 17.1 Å². The third-order valence-corrected chi connectivity index (χ3v) is 3.47. The summed E-state index contributed by atoms with van der Waals surface area (Å²) < 4.78 is 0. The fourth-order valence-electron chi connectivity index (χ4n) is 2.00. The zero-order valence-corrected chi connectivity index (χ0v) is 8.76. The third-order valence-electron chi connectivity index (χ3n) is 2.85. The van der Waals surface area contributed by atoms with Crippen LogP contribution in [-0.4, -0.2) is 5.78 Å². The van der Waals surface area contributed by atoms with Crippen LogP contribution < -0.4 is 0 Å². The van der Waals surface area contributed by atoms with Crippen molar-refractivity contribution in [3.8, 4) is 0 Å². The van der Waals surface area contributed by atoms with Gasteiger partial charge in [-0.05, 0) is 18.4 Å². The average molecular weight is 209 g/mol. The van der Waals surface area contributed by atoms with Crippen LogP contribution in [0.5, 0.6) is 0 Å². The maximum absolute atomic E-state index is 11.8. The Morgan fingerprint density at radius 2 is 1.86 bits per heavy atom. The van der Waals surface area contributed by atoms with E-state index in [1.807, 2.05) is 30.3 Å². The number of benzene rings is 1. The first-order valence-electron chi connectivity index (χ1n) is 5.01. The molecular formula is C12H13ClO. The van der Waals surface area contributed by atoms with E-state index in [0.717, 1.165) is 24.8 Å². The molecule has 0 heterocycles. The molecule has 0 amide bonds. The van der Waals surface area contributed by atoms with Crippen molar-refractivity contribution in [2.75, 3.05) is 0 Å². The van der Waals surface area contributed by atoms with Gasteiger partial charge in [0.05, 0.1) is 0 Å². The van der Waals surface area contributed by atoms with Crippen LogP contribution in [0, 0.1) is 0 Å². The lowest BCUT2D eigenvalue weighted by atomic mass is 9.82. The van der Waals surface area contributed by atoms with Gasteiger partial charge in [-0.15, -0.1) is 11.6 Å². The summed E-state index contributed by atoms with van der Waals surface area (Å²) in [6, 6.07) is 9.69. The largest absolute Gasteiger partial charge is 0.297 e. The Balaban J connectivity index is 2.35. The van der Waals surface area contributed by atoms with Crippen LogP contribution in [0.3, 0.4) is 0 Å². The van der Waals surface area contributed by atoms with Gasteiger partial charge in [-0.2, -0.15) is 0 Å². The van der Waals surface area contributed by atoms with Gasteiger partial charge in [-0.25, -0.2) is 0 Å². The first-order chi connectivity index (χ1) is 6.73. The molecule has 1 fully saturated rings. The highest BCUT2D eigenvalue weighted by Gasteiger charge is 2.39. The minimum atomic E-state index is -0.737. The van der Waals surface area contributed by atoms with Crippen LogP contribution in [0.15, 0.2) is 30.3 Å². The highest BCUT2D eigenvalue weighted by atomic mass is 35.5. The Labute approximate surface area is 89.1 Å². The van der Waals surface area contributed by atoms with Crippen LogP contribution in [0.4, 0.5) is 0 Å². The molecule has 0 bridgehead atoms. The van der Waals surface area contributed by atoms with Crippen LogP contribution in [-0.2, 0) is 9.67 Å². The van der Waals surface area contributed by atoms with E-state index in [2.05, 4.69) is 0 Å². The van der Waals surface area contributed by atoms with Gasteiger partial charge in [-0.1, -0.05) is 36.8 Å². The van der Waals surface area contributed by atoms with Gasteiger partial charge in [0.25, 0.3) is 0 Å². The van der Waals surface area contributed by atoms with Crippen molar-refractivity contribution < 1.29 is 4.79 Å². The van der Waals surface area contributed by atoms with Crippen LogP contribution in [0.1, 0.15) is 31.2 Å². The van der Waals surface area contributed by atoms with E-state index >= 15 is 0 Å². The third kappa shape index (κ3) is 1.57. The quantitative estimate of drug-likeness (QED) is 0.648. The molecule has 0 saturated heterocycles. The summed E-state index contributed by atoms with van der Waals surface area (Å²) in [4.78, 5) is 11.0. The van der Waals surface area contributed by atoms with Crippen LogP contribution >= 0.6 is 11.6 Å². The molecule has 2 heteroatoms. The van der Waals surface area contributed by atoms with Gasteiger partial charge < -0.3 is 0 Å². The summed E-state index contributed by atoms with van der Waals surface area (Å²) in [7, 11) is 0. The van der Waals surface area contributed by atoms with Crippen molar-refractivity contribution in [3.63, 3.8) is 0 Å². The van der Waals surface area contributed by atoms with Crippen LogP contribution in [0.2, 0.25) is 0 Å². The molecule has 1 aromatic rings. The van der Waals surface area contributed by atoms with E-state index in [1.54, 1.807) is 0 Å². The Bertz CT molecular complexity index is 333. The van der Waals surface area contributed by atoms with E-state index < -0.39 is 4.87 Å². The fourth-order valence-corrected chi connectivity index (χ4v) is 2.35. The minimum absolute atomic E-state index is 0.177. The van der Waals surface area contributed by atoms with Crippen molar-refractivity contribution in [2.24, 2.45) is 0 Å². The molecule has 1 atom stereocenters. The van der Waals surface area contributed by atoms with Crippen LogP contribution in [0.25, 0.3) is 0 Å². The lowest BCUT2D eigenvalue weighted by molar-refractivity contribution is -0.123. The SMILES string of the molecule is O=C1CCCC[C@@]1(Cl)c1ccccc1. The molecule has 0 aliphatic heterocycles. The predicted octanol–water partition coefficient (Wildman–Crippen LogP) is 3.26. The van der Waals surface area contributed by atoms with Gasteiger partial charge >= 0.3 is 0 Å². The molecule has 0 unspecified atom stereocenters. The number of carbonyl (C=O) groups excluding carboxylic acids is 1. The molecule has 1 aliphatic carbocycles. The van der Waals surface area contributed by atoms with E-state index in [-0.39, 0.29) is 5.78 Å². The van der Waals surface area contributed by atoms with Gasteiger partial charge in [0, 0.05) is 6.42 Å². The summed E-state index contributed by atoms with van der Waals surface area (Å²) in [5.41, 5.74) is 0.950. The smallest absolute Gasteiger partial charge is 0.158 e. The van der Waals surface area contributed by atoms with Crippen molar-refractivity contribution in [2.45, 2.75) is 30.6 Å². The van der Waals surface area contributed by atoms with Crippen molar-refractivity contribution in [3.05, 3.63) is 35.9 Å². The van der Waals surface area contributed by atoms with Crippen molar-refractivity contribution >= 4 is 17.4 Å². The maximum Gasteiger partial charge on any atom is 0.158 e. The normalized spacial score (nSPS) is 27.6. The zero-order valence-electron chi connectivity index (χ0n) is 8.00. The molecule has 74 valence electrons. The number of rotatable bonds is 1. The lowest BCUT2D eigenvalue weighted by Crippen LogP contribution is -2.32. The molecule has 0 N–H and O–H groups in total. The molecule has 1 saturated carbocycles. The first-order valence-corrected chi connectivity index (χ1v) is 5.39. The standard InChI is InChI=1S/C12H13ClO/c13-12(9-5-4-8-11(12)14)10-6-2-1-3-7-10/h1-3,6-7H,4-5,8-9H2/t12-/m1/s1. The van der Waals surface area contributed by atoms with E-state index in [4.69, 9.17) is 11.6 Å². The highest BCUT2D eigenvalue weighted by molar-refractivity contribution is 6.35. The monoisotopic (exact) mass is 208 g/mol. The summed E-state index contributed by atoms with van der Waals surface area (Å²) >= 11 is 6.40. The Kier molecular flexibility index (Phi) is 2.60. The minimum Gasteiger partial charge on any atom is -0.297 e. The number of hydrogen-bond donors (Lipinski definition) is 0. The fraction of sp³-hybridized carbons (Fsp3) is 0.417. The summed E-state index contributed by atoms with van der Waals surface area (Å²) in [5.74, 6) is 0.177. The number of hydrogen-bond acceptors (Lipinski definition) is 1. The summed E-state index contributed by atoms with van der Waals surface area (Å²) in [6.07, 6.45) is 3.43. The second kappa shape index (κ2) is 3.74. The Morgan fingerprint density at radius 1 is 1.14 bits per heavy atom. The van der Waals surface area contributed by atoms with E-state index in [0.29, 0.717) is 6.42 Å². The molecule has 0 spiro atoms. The summed E-state index contributed by atoms with van der Waals surface area (Å²) in [6.45, 7) is 0. The molecule has 0 radical (unpaired) electrons. The average Bonchev–Trinajstić information content (AvgIpc) is 2.24. The highest BCUT2D eigenvalue weighted by Crippen LogP contribution is 2.40. The number of Topliss-reactive ketones (excluding diaryl/α,β-unsaturated/α-hetero) is 1. The van der Waals surface area contributed by atoms with E-state index in [1.165, 1.54) is 0 Å². The number of alkyl halides is 1. The molecule has 1 nitrogen and oxygen atoms in total. The van der Waals surface area contributed by atoms with E-state index in [9.17, 15) is 4.79 Å². The predicted molar refractivity (Wildman–Crippen MR) is 57.4 cm³/mol. The van der Waals surface area contributed by atoms with Gasteiger partial charge in [0.2, 0.25) is 0 Å². The molecule has 1 aromatic carbocycles. The van der Waals surface area contributed by atoms with Gasteiger partial charge in [-0.3, -0.25) is 4.79 Å². The van der Waals surface area contributed by atoms with Gasteiger partial charge in [0.1, 0.15) is 4.87 Å². The number of ketones is 1.